The molecule has 0 saturated heterocycles. The van der Waals surface area contributed by atoms with E-state index in [1.807, 2.05) is 25.3 Å². The number of aryl methyl sites for hydroxylation is 1. The van der Waals surface area contributed by atoms with Crippen molar-refractivity contribution in [3.63, 3.8) is 0 Å². The number of aromatic amines is 1. The van der Waals surface area contributed by atoms with Crippen LogP contribution in [0.3, 0.4) is 0 Å². The number of aromatic nitrogens is 4. The topological polar surface area (TPSA) is 58.9 Å². The monoisotopic (exact) mass is 225 g/mol. The minimum absolute atomic E-state index is 1.09. The van der Waals surface area contributed by atoms with E-state index in [1.54, 1.807) is 17.3 Å². The molecule has 17 heavy (non-hydrogen) atoms. The molecule has 0 amide bonds. The fraction of sp³-hybridized carbons (Fsp3) is 0.0833. The summed E-state index contributed by atoms with van der Waals surface area (Å²) in [4.78, 5) is 3.33. The summed E-state index contributed by atoms with van der Waals surface area (Å²) in [5.41, 5.74) is 3.31. The van der Waals surface area contributed by atoms with Crippen LogP contribution in [0.1, 0.15) is 11.3 Å². The van der Waals surface area contributed by atoms with Crippen LogP contribution in [0.2, 0.25) is 0 Å². The van der Waals surface area contributed by atoms with Crippen molar-refractivity contribution in [3.05, 3.63) is 48.2 Å². The fourth-order valence-electron chi connectivity index (χ4n) is 1.84. The molecule has 3 aromatic rings. The molecular formula is C12H11N5. The summed E-state index contributed by atoms with van der Waals surface area (Å²) in [6.45, 7) is 2.04. The number of hydrogen-bond donors (Lipinski definition) is 1. The summed E-state index contributed by atoms with van der Waals surface area (Å²) in [7, 11) is 0. The van der Waals surface area contributed by atoms with Crippen molar-refractivity contribution in [1.29, 1.82) is 0 Å². The Balaban J connectivity index is 2.08. The highest BCUT2D eigenvalue weighted by molar-refractivity contribution is 6.00. The quantitative estimate of drug-likeness (QED) is 0.677. The molecule has 1 N–H and O–H groups in total. The van der Waals surface area contributed by atoms with Crippen LogP contribution in [0.5, 0.6) is 0 Å². The molecule has 2 heterocycles. The molecule has 0 spiro atoms. The summed E-state index contributed by atoms with van der Waals surface area (Å²) in [5, 5.41) is 12.8. The molecule has 5 heteroatoms. The third-order valence-corrected chi connectivity index (χ3v) is 2.67. The number of fused-ring (bicyclic) bond motifs is 1. The molecule has 0 bridgehead atoms. The van der Waals surface area contributed by atoms with Crippen molar-refractivity contribution >= 4 is 17.1 Å². The maximum Gasteiger partial charge on any atom is 0.141 e. The Kier molecular flexibility index (Phi) is 2.22. The average Bonchev–Trinajstić information content (AvgIpc) is 2.93. The Morgan fingerprint density at radius 1 is 1.24 bits per heavy atom. The highest BCUT2D eigenvalue weighted by Gasteiger charge is 2.04. The van der Waals surface area contributed by atoms with Crippen LogP contribution in [0.4, 0.5) is 0 Å². The predicted octanol–water partition coefficient (Wildman–Crippen LogP) is 1.95. The maximum absolute atomic E-state index is 4.27. The van der Waals surface area contributed by atoms with Crippen LogP contribution in [-0.2, 0) is 0 Å². The van der Waals surface area contributed by atoms with Crippen molar-refractivity contribution in [2.75, 3.05) is 0 Å². The van der Waals surface area contributed by atoms with Gasteiger partial charge in [0.25, 0.3) is 0 Å². The molecule has 0 aliphatic rings. The lowest BCUT2D eigenvalue weighted by Gasteiger charge is -1.92. The van der Waals surface area contributed by atoms with Crippen molar-refractivity contribution in [3.8, 4) is 0 Å². The zero-order valence-electron chi connectivity index (χ0n) is 9.33. The van der Waals surface area contributed by atoms with Gasteiger partial charge in [-0.05, 0) is 13.0 Å². The standard InChI is InChI=1S/C12H11N5/c1-9-11(6-15-17-7-13-14-8-17)10-4-2-3-5-12(10)16-9/h2-8,16H,1H3/b15-6-. The van der Waals surface area contributed by atoms with Gasteiger partial charge in [0.15, 0.2) is 0 Å². The molecule has 0 saturated carbocycles. The summed E-state index contributed by atoms with van der Waals surface area (Å²) in [6, 6.07) is 8.16. The van der Waals surface area contributed by atoms with Gasteiger partial charge in [-0.15, -0.1) is 10.2 Å². The van der Waals surface area contributed by atoms with Crippen molar-refractivity contribution < 1.29 is 0 Å². The van der Waals surface area contributed by atoms with Gasteiger partial charge in [0.1, 0.15) is 12.7 Å². The summed E-state index contributed by atoms with van der Waals surface area (Å²) < 4.78 is 1.57. The lowest BCUT2D eigenvalue weighted by Crippen LogP contribution is -1.88. The molecular weight excluding hydrogens is 214 g/mol. The lowest BCUT2D eigenvalue weighted by atomic mass is 10.1. The zero-order valence-corrected chi connectivity index (χ0v) is 9.33. The number of nitrogens with one attached hydrogen (secondary N) is 1. The third kappa shape index (κ3) is 1.71. The molecule has 0 fully saturated rings. The van der Waals surface area contributed by atoms with Crippen molar-refractivity contribution in [1.82, 2.24) is 19.9 Å². The average molecular weight is 225 g/mol. The van der Waals surface area contributed by atoms with Gasteiger partial charge in [0.05, 0.1) is 6.21 Å². The molecule has 2 aromatic heterocycles. The van der Waals surface area contributed by atoms with Gasteiger partial charge in [-0.3, -0.25) is 0 Å². The van der Waals surface area contributed by atoms with Gasteiger partial charge in [-0.2, -0.15) is 5.10 Å². The highest BCUT2D eigenvalue weighted by atomic mass is 15.4. The Hall–Kier alpha value is -2.43. The minimum atomic E-state index is 1.09. The van der Waals surface area contributed by atoms with Crippen LogP contribution >= 0.6 is 0 Å². The number of nitrogens with zero attached hydrogens (tertiary/aromatic N) is 4. The third-order valence-electron chi connectivity index (χ3n) is 2.67. The minimum Gasteiger partial charge on any atom is -0.358 e. The zero-order chi connectivity index (χ0) is 11.7. The first-order chi connectivity index (χ1) is 8.34. The Labute approximate surface area is 97.8 Å². The highest BCUT2D eigenvalue weighted by Crippen LogP contribution is 2.19. The SMILES string of the molecule is Cc1[nH]c2ccccc2c1/C=N\n1cnnc1. The molecule has 5 nitrogen and oxygen atoms in total. The lowest BCUT2D eigenvalue weighted by molar-refractivity contribution is 0.878. The van der Waals surface area contributed by atoms with Crippen molar-refractivity contribution in [2.24, 2.45) is 5.10 Å². The van der Waals surface area contributed by atoms with E-state index in [2.05, 4.69) is 32.4 Å². The second-order valence-electron chi connectivity index (χ2n) is 3.80. The second kappa shape index (κ2) is 3.86. The molecule has 1 aromatic carbocycles. The first-order valence-electron chi connectivity index (χ1n) is 5.31. The van der Waals surface area contributed by atoms with Gasteiger partial charge in [0, 0.05) is 22.2 Å². The largest absolute Gasteiger partial charge is 0.358 e. The number of rotatable bonds is 2. The first-order valence-corrected chi connectivity index (χ1v) is 5.31. The van der Waals surface area contributed by atoms with E-state index in [-0.39, 0.29) is 0 Å². The molecule has 0 aliphatic heterocycles. The fourth-order valence-corrected chi connectivity index (χ4v) is 1.84. The van der Waals surface area contributed by atoms with E-state index in [9.17, 15) is 0 Å². The Morgan fingerprint density at radius 2 is 2.00 bits per heavy atom. The molecule has 0 radical (unpaired) electrons. The molecule has 0 unspecified atom stereocenters. The van der Waals surface area contributed by atoms with Gasteiger partial charge in [-0.1, -0.05) is 18.2 Å². The number of para-hydroxylation sites is 1. The smallest absolute Gasteiger partial charge is 0.141 e. The molecule has 84 valence electrons. The Bertz CT molecular complexity index is 663. The second-order valence-corrected chi connectivity index (χ2v) is 3.80. The van der Waals surface area contributed by atoms with E-state index in [4.69, 9.17) is 0 Å². The summed E-state index contributed by atoms with van der Waals surface area (Å²) >= 11 is 0. The number of benzene rings is 1. The predicted molar refractivity (Wildman–Crippen MR) is 66.0 cm³/mol. The van der Waals surface area contributed by atoms with Crippen LogP contribution in [-0.4, -0.2) is 26.1 Å². The van der Waals surface area contributed by atoms with Gasteiger partial charge in [0.2, 0.25) is 0 Å². The van der Waals surface area contributed by atoms with Crippen molar-refractivity contribution in [2.45, 2.75) is 6.92 Å². The van der Waals surface area contributed by atoms with Crippen LogP contribution in [0.25, 0.3) is 10.9 Å². The van der Waals surface area contributed by atoms with E-state index in [0.29, 0.717) is 0 Å². The van der Waals surface area contributed by atoms with E-state index in [1.165, 1.54) is 5.39 Å². The summed E-state index contributed by atoms with van der Waals surface area (Å²) in [5.74, 6) is 0. The maximum atomic E-state index is 4.27. The van der Waals surface area contributed by atoms with Crippen LogP contribution in [0, 0.1) is 6.92 Å². The molecule has 0 atom stereocenters. The van der Waals surface area contributed by atoms with Gasteiger partial charge >= 0.3 is 0 Å². The Morgan fingerprint density at radius 3 is 2.82 bits per heavy atom. The first kappa shape index (κ1) is 9.77. The van der Waals surface area contributed by atoms with E-state index >= 15 is 0 Å². The van der Waals surface area contributed by atoms with Gasteiger partial charge in [-0.25, -0.2) is 4.68 Å². The summed E-state index contributed by atoms with van der Waals surface area (Å²) in [6.07, 6.45) is 4.93. The van der Waals surface area contributed by atoms with Crippen LogP contribution < -0.4 is 0 Å². The van der Waals surface area contributed by atoms with E-state index in [0.717, 1.165) is 16.8 Å². The molecule has 0 aliphatic carbocycles. The normalized spacial score (nSPS) is 11.6. The molecule has 3 rings (SSSR count). The number of hydrogen-bond acceptors (Lipinski definition) is 3. The van der Waals surface area contributed by atoms with Crippen LogP contribution in [0.15, 0.2) is 42.0 Å². The van der Waals surface area contributed by atoms with Gasteiger partial charge < -0.3 is 4.98 Å². The van der Waals surface area contributed by atoms with E-state index < -0.39 is 0 Å². The number of H-pyrrole nitrogens is 1.